The van der Waals surface area contributed by atoms with E-state index in [0.717, 1.165) is 54.7 Å². The number of rotatable bonds is 10. The highest BCUT2D eigenvalue weighted by Crippen LogP contribution is 2.49. The molecule has 0 amide bonds. The lowest BCUT2D eigenvalue weighted by molar-refractivity contribution is 0.247. The number of ether oxygens (including phenoxy) is 2. The summed E-state index contributed by atoms with van der Waals surface area (Å²) in [5.74, 6) is -0.0465. The molecule has 2 heterocycles. The third-order valence-electron chi connectivity index (χ3n) is 16.9. The lowest BCUT2D eigenvalue weighted by atomic mass is 9.84. The Labute approximate surface area is 497 Å². The molecular weight excluding hydrogens is 1040 g/mol. The van der Waals surface area contributed by atoms with E-state index in [0.29, 0.717) is 57.1 Å². The third kappa shape index (κ3) is 11.2. The van der Waals surface area contributed by atoms with Gasteiger partial charge in [0, 0.05) is 50.2 Å². The summed E-state index contributed by atoms with van der Waals surface area (Å²) in [6.45, 7) is 41.5. The molecule has 8 heteroatoms. The fourth-order valence-corrected chi connectivity index (χ4v) is 11.7. The van der Waals surface area contributed by atoms with E-state index in [9.17, 15) is 10.2 Å². The summed E-state index contributed by atoms with van der Waals surface area (Å²) in [6, 6.07) is 42.0. The van der Waals surface area contributed by atoms with Gasteiger partial charge in [-0.15, -0.1) is 0 Å². The minimum absolute atomic E-state index is 0.00613. The standard InChI is InChI=1S/C76H86F2N2O4/c1-44-33-52(78)43-60(59-35-50(76(17,18)19)41-66(69(59)82)80-63-38-47(73(8,9)10)23-28-55(63)56-29-24-48(39-64(56)80)74(11,12)13)70(44)84-32-20-31-83-67-30-25-51(77)42-57(67)58-34-49(75(14,15)16)40-65(68(58)81)79-61-36-45(71(2,3)4)21-26-53(61)54-27-22-46(37-62(54)79)72(5,6)7/h21-30,33-43,81-82H,20,31-32H2,1-19H3. The van der Waals surface area contributed by atoms with Crippen LogP contribution in [-0.2, 0) is 32.5 Å². The molecule has 0 spiro atoms. The van der Waals surface area contributed by atoms with Crippen LogP contribution in [0.3, 0.4) is 0 Å². The first-order valence-electron chi connectivity index (χ1n) is 29.8. The van der Waals surface area contributed by atoms with Crippen LogP contribution in [0, 0.1) is 18.6 Å². The second-order valence-electron chi connectivity index (χ2n) is 29.7. The van der Waals surface area contributed by atoms with Crippen LogP contribution in [0.15, 0.2) is 127 Å². The lowest BCUT2D eigenvalue weighted by Crippen LogP contribution is -2.13. The number of halogens is 2. The first-order valence-corrected chi connectivity index (χ1v) is 29.8. The SMILES string of the molecule is Cc1cc(F)cc(-c2cc(C(C)(C)C)cc(-n3c4cc(C(C)(C)C)ccc4c4ccc(C(C)(C)C)cc43)c2O)c1OCCCOc1ccc(F)cc1-c1cc(C(C)(C)C)cc(-n2c3cc(C(C)(C)C)ccc3c3ccc(C(C)(C)C)cc32)c1O. The Morgan fingerprint density at radius 1 is 0.357 bits per heavy atom. The molecule has 0 saturated heterocycles. The highest BCUT2D eigenvalue weighted by atomic mass is 19.1. The maximum Gasteiger partial charge on any atom is 0.147 e. The molecule has 84 heavy (non-hydrogen) atoms. The molecular formula is C76H86F2N2O4. The molecule has 8 aromatic carbocycles. The molecule has 0 aliphatic heterocycles. The van der Waals surface area contributed by atoms with E-state index in [1.165, 1.54) is 46.5 Å². The summed E-state index contributed by atoms with van der Waals surface area (Å²) in [5.41, 5.74) is 12.7. The van der Waals surface area contributed by atoms with Gasteiger partial charge in [0.1, 0.15) is 34.6 Å². The van der Waals surface area contributed by atoms with Gasteiger partial charge in [0.05, 0.1) is 46.7 Å². The average molecular weight is 1130 g/mol. The van der Waals surface area contributed by atoms with E-state index in [1.54, 1.807) is 6.07 Å². The molecule has 0 aliphatic carbocycles. The van der Waals surface area contributed by atoms with Gasteiger partial charge in [0.15, 0.2) is 0 Å². The van der Waals surface area contributed by atoms with Crippen molar-refractivity contribution < 1.29 is 28.5 Å². The van der Waals surface area contributed by atoms with Crippen molar-refractivity contribution in [2.24, 2.45) is 0 Å². The van der Waals surface area contributed by atoms with Gasteiger partial charge in [0.25, 0.3) is 0 Å². The predicted octanol–water partition coefficient (Wildman–Crippen LogP) is 20.8. The molecule has 2 aromatic heterocycles. The summed E-state index contributed by atoms with van der Waals surface area (Å²) >= 11 is 0. The average Bonchev–Trinajstić information content (AvgIpc) is 1.61. The number of fused-ring (bicyclic) bond motifs is 6. The smallest absolute Gasteiger partial charge is 0.147 e. The Bertz CT molecular complexity index is 4080. The van der Waals surface area contributed by atoms with Gasteiger partial charge in [-0.2, -0.15) is 0 Å². The fourth-order valence-electron chi connectivity index (χ4n) is 11.7. The second-order valence-corrected chi connectivity index (χ2v) is 29.7. The molecule has 2 N–H and O–H groups in total. The first kappa shape index (κ1) is 59.6. The Hall–Kier alpha value is -7.58. The van der Waals surface area contributed by atoms with Crippen LogP contribution in [0.5, 0.6) is 23.0 Å². The van der Waals surface area contributed by atoms with Gasteiger partial charge in [0.2, 0.25) is 0 Å². The van der Waals surface area contributed by atoms with Crippen molar-refractivity contribution in [3.63, 3.8) is 0 Å². The minimum Gasteiger partial charge on any atom is -0.505 e. The van der Waals surface area contributed by atoms with Crippen molar-refractivity contribution in [3.05, 3.63) is 178 Å². The number of benzene rings is 8. The third-order valence-corrected chi connectivity index (χ3v) is 16.9. The lowest BCUT2D eigenvalue weighted by Gasteiger charge is -2.25. The molecule has 438 valence electrons. The summed E-state index contributed by atoms with van der Waals surface area (Å²) in [5, 5.41) is 30.1. The van der Waals surface area contributed by atoms with Crippen molar-refractivity contribution in [2.45, 2.75) is 170 Å². The zero-order chi connectivity index (χ0) is 61.1. The molecule has 0 aliphatic rings. The summed E-state index contributed by atoms with van der Waals surface area (Å²) < 4.78 is 49.4. The van der Waals surface area contributed by atoms with E-state index in [2.05, 4.69) is 219 Å². The van der Waals surface area contributed by atoms with Crippen molar-refractivity contribution in [1.29, 1.82) is 0 Å². The summed E-state index contributed by atoms with van der Waals surface area (Å²) in [7, 11) is 0. The number of aryl methyl sites for hydroxylation is 1. The van der Waals surface area contributed by atoms with E-state index in [1.807, 2.05) is 19.1 Å². The number of hydrogen-bond donors (Lipinski definition) is 2. The van der Waals surface area contributed by atoms with E-state index >= 15 is 8.78 Å². The van der Waals surface area contributed by atoms with Crippen LogP contribution in [0.4, 0.5) is 8.78 Å². The quantitative estimate of drug-likeness (QED) is 0.134. The molecule has 0 unspecified atom stereocenters. The van der Waals surface area contributed by atoms with Crippen molar-refractivity contribution in [2.75, 3.05) is 13.2 Å². The van der Waals surface area contributed by atoms with Crippen LogP contribution in [0.1, 0.15) is 170 Å². The van der Waals surface area contributed by atoms with Crippen LogP contribution in [0.2, 0.25) is 0 Å². The highest BCUT2D eigenvalue weighted by Gasteiger charge is 2.30. The number of aromatic nitrogens is 2. The molecule has 0 saturated carbocycles. The Kier molecular flexibility index (Phi) is 14.8. The van der Waals surface area contributed by atoms with Crippen molar-refractivity contribution in [1.82, 2.24) is 9.13 Å². The minimum atomic E-state index is -0.465. The van der Waals surface area contributed by atoms with E-state index < -0.39 is 11.6 Å². The number of phenols is 2. The van der Waals surface area contributed by atoms with Gasteiger partial charge in [-0.25, -0.2) is 8.78 Å². The van der Waals surface area contributed by atoms with Gasteiger partial charge < -0.3 is 28.8 Å². The van der Waals surface area contributed by atoms with Crippen LogP contribution < -0.4 is 9.47 Å². The Balaban J connectivity index is 1.03. The summed E-state index contributed by atoms with van der Waals surface area (Å²) in [4.78, 5) is 0. The molecule has 6 nitrogen and oxygen atoms in total. The molecule has 10 rings (SSSR count). The second kappa shape index (κ2) is 20.9. The largest absolute Gasteiger partial charge is 0.505 e. The Morgan fingerprint density at radius 2 is 0.702 bits per heavy atom. The molecule has 0 atom stereocenters. The maximum atomic E-state index is 16.0. The molecule has 0 fully saturated rings. The Morgan fingerprint density at radius 3 is 1.07 bits per heavy atom. The molecule has 0 bridgehead atoms. The molecule has 10 aromatic rings. The first-order chi connectivity index (χ1) is 39.0. The monoisotopic (exact) mass is 1130 g/mol. The predicted molar refractivity (Wildman–Crippen MR) is 348 cm³/mol. The normalized spacial score (nSPS) is 13.1. The highest BCUT2D eigenvalue weighted by molar-refractivity contribution is 6.11. The van der Waals surface area contributed by atoms with Gasteiger partial charge in [-0.05, 0) is 157 Å². The van der Waals surface area contributed by atoms with Crippen LogP contribution >= 0.6 is 0 Å². The van der Waals surface area contributed by atoms with Gasteiger partial charge in [-0.1, -0.05) is 173 Å². The zero-order valence-electron chi connectivity index (χ0n) is 53.1. The van der Waals surface area contributed by atoms with E-state index in [-0.39, 0.29) is 57.2 Å². The van der Waals surface area contributed by atoms with Crippen molar-refractivity contribution >= 4 is 43.6 Å². The van der Waals surface area contributed by atoms with Crippen LogP contribution in [-0.4, -0.2) is 32.6 Å². The zero-order valence-corrected chi connectivity index (χ0v) is 53.1. The number of aromatic hydroxyl groups is 2. The van der Waals surface area contributed by atoms with Gasteiger partial charge >= 0.3 is 0 Å². The fraction of sp³-hybridized carbons (Fsp3) is 0.368. The van der Waals surface area contributed by atoms with E-state index in [4.69, 9.17) is 9.47 Å². The topological polar surface area (TPSA) is 68.8 Å². The van der Waals surface area contributed by atoms with Crippen molar-refractivity contribution in [3.8, 4) is 56.6 Å². The number of phenolic OH excluding ortho intramolecular Hbond substituents is 2. The number of nitrogens with zero attached hydrogens (tertiary/aromatic N) is 2. The summed E-state index contributed by atoms with van der Waals surface area (Å²) in [6.07, 6.45) is 0.396. The number of hydrogen-bond acceptors (Lipinski definition) is 4. The van der Waals surface area contributed by atoms with Crippen LogP contribution in [0.25, 0.3) is 77.2 Å². The maximum absolute atomic E-state index is 16.0. The molecule has 0 radical (unpaired) electrons. The van der Waals surface area contributed by atoms with Gasteiger partial charge in [-0.3, -0.25) is 0 Å².